The molecule has 0 unspecified atom stereocenters. The van der Waals surface area contributed by atoms with E-state index in [1.165, 1.54) is 12.1 Å². The van der Waals surface area contributed by atoms with Crippen LogP contribution in [-0.2, 0) is 15.7 Å². The van der Waals surface area contributed by atoms with E-state index in [0.29, 0.717) is 16.8 Å². The minimum absolute atomic E-state index is 0.00817. The minimum atomic E-state index is -4.45. The third kappa shape index (κ3) is 4.23. The van der Waals surface area contributed by atoms with Gasteiger partial charge in [0.25, 0.3) is 0 Å². The van der Waals surface area contributed by atoms with Crippen LogP contribution in [-0.4, -0.2) is 23.4 Å². The highest BCUT2D eigenvalue weighted by Crippen LogP contribution is 2.37. The van der Waals surface area contributed by atoms with E-state index in [0.717, 1.165) is 6.07 Å². The molecule has 0 saturated carbocycles. The summed E-state index contributed by atoms with van der Waals surface area (Å²) in [5, 5.41) is 10.3. The van der Waals surface area contributed by atoms with Crippen LogP contribution in [0.25, 0.3) is 17.2 Å². The summed E-state index contributed by atoms with van der Waals surface area (Å²) in [5.41, 5.74) is 0.938. The Kier molecular flexibility index (Phi) is 5.59. The highest BCUT2D eigenvalue weighted by Gasteiger charge is 2.33. The van der Waals surface area contributed by atoms with Gasteiger partial charge in [-0.05, 0) is 42.7 Å². The number of carbonyl (C=O) groups is 1. The highest BCUT2D eigenvalue weighted by molar-refractivity contribution is 6.22. The second-order valence-corrected chi connectivity index (χ2v) is 6.34. The summed E-state index contributed by atoms with van der Waals surface area (Å²) in [6, 6.07) is 11.7. The number of aliphatic hydroxyl groups excluding tert-OH is 1. The molecule has 0 bridgehead atoms. The number of hydrogen-bond donors (Lipinski definition) is 1. The maximum Gasteiger partial charge on any atom is 0.417 e. The van der Waals surface area contributed by atoms with E-state index < -0.39 is 17.7 Å². The van der Waals surface area contributed by atoms with Crippen molar-refractivity contribution in [2.75, 3.05) is 6.61 Å². The quantitative estimate of drug-likeness (QED) is 0.682. The van der Waals surface area contributed by atoms with E-state index >= 15 is 0 Å². The van der Waals surface area contributed by atoms with Crippen LogP contribution in [0.1, 0.15) is 25.0 Å². The van der Waals surface area contributed by atoms with Gasteiger partial charge in [-0.25, -0.2) is 9.79 Å². The standard InChI is InChI=1S/C22H18F3NO3/c1-3-29-21(28)19-13(2)26-18(20(19)27)12-14-8-10-15(11-9-14)16-6-4-5-7-17(16)22(23,24)25/h4-12,27H,3H2,1-2H3/b18-12+. The molecule has 150 valence electrons. The van der Waals surface area contributed by atoms with Crippen LogP contribution >= 0.6 is 0 Å². The summed E-state index contributed by atoms with van der Waals surface area (Å²) in [6.45, 7) is 3.41. The minimum Gasteiger partial charge on any atom is -0.505 e. The number of hydrogen-bond acceptors (Lipinski definition) is 4. The van der Waals surface area contributed by atoms with Gasteiger partial charge in [-0.1, -0.05) is 42.5 Å². The van der Waals surface area contributed by atoms with Crippen molar-refractivity contribution in [3.05, 3.63) is 76.7 Å². The van der Waals surface area contributed by atoms with Gasteiger partial charge in [0.15, 0.2) is 5.76 Å². The van der Waals surface area contributed by atoms with Gasteiger partial charge >= 0.3 is 12.1 Å². The van der Waals surface area contributed by atoms with Crippen LogP contribution in [0, 0.1) is 0 Å². The van der Waals surface area contributed by atoms with Crippen molar-refractivity contribution >= 4 is 17.8 Å². The van der Waals surface area contributed by atoms with E-state index in [1.807, 2.05) is 0 Å². The first kappa shape index (κ1) is 20.4. The topological polar surface area (TPSA) is 58.9 Å². The zero-order valence-electron chi connectivity index (χ0n) is 15.7. The Balaban J connectivity index is 1.92. The van der Waals surface area contributed by atoms with Gasteiger partial charge in [0.2, 0.25) is 0 Å². The monoisotopic (exact) mass is 401 g/mol. The SMILES string of the molecule is CCOC(=O)C1=C(O)/C(=C\c2ccc(-c3ccccc3C(F)(F)F)cc2)N=C1C. The van der Waals surface area contributed by atoms with Crippen molar-refractivity contribution in [2.24, 2.45) is 4.99 Å². The molecule has 0 aliphatic carbocycles. The lowest BCUT2D eigenvalue weighted by Gasteiger charge is -2.12. The molecule has 0 amide bonds. The Morgan fingerprint density at radius 1 is 1.14 bits per heavy atom. The second-order valence-electron chi connectivity index (χ2n) is 6.34. The van der Waals surface area contributed by atoms with Crippen molar-refractivity contribution in [1.82, 2.24) is 0 Å². The van der Waals surface area contributed by atoms with Crippen molar-refractivity contribution in [1.29, 1.82) is 0 Å². The summed E-state index contributed by atoms with van der Waals surface area (Å²) < 4.78 is 44.6. The van der Waals surface area contributed by atoms with E-state index in [-0.39, 0.29) is 29.2 Å². The van der Waals surface area contributed by atoms with Crippen LogP contribution in [0.2, 0.25) is 0 Å². The number of ether oxygens (including phenoxy) is 1. The molecule has 1 aliphatic heterocycles. The zero-order valence-corrected chi connectivity index (χ0v) is 15.7. The van der Waals surface area contributed by atoms with E-state index in [9.17, 15) is 23.1 Å². The van der Waals surface area contributed by atoms with Crippen LogP contribution in [0.15, 0.2) is 70.6 Å². The molecule has 0 saturated heterocycles. The summed E-state index contributed by atoms with van der Waals surface area (Å²) >= 11 is 0. The van der Waals surface area contributed by atoms with E-state index in [2.05, 4.69) is 4.99 Å². The molecule has 0 spiro atoms. The number of benzene rings is 2. The predicted octanol–water partition coefficient (Wildman–Crippen LogP) is 5.56. The Hall–Kier alpha value is -3.35. The van der Waals surface area contributed by atoms with Crippen LogP contribution in [0.4, 0.5) is 13.2 Å². The largest absolute Gasteiger partial charge is 0.505 e. The first-order chi connectivity index (χ1) is 13.7. The Labute approximate surface area is 165 Å². The lowest BCUT2D eigenvalue weighted by Crippen LogP contribution is -2.13. The normalized spacial score (nSPS) is 15.6. The lowest BCUT2D eigenvalue weighted by molar-refractivity contribution is -0.138. The highest BCUT2D eigenvalue weighted by atomic mass is 19.4. The van der Waals surface area contributed by atoms with Gasteiger partial charge in [-0.15, -0.1) is 0 Å². The van der Waals surface area contributed by atoms with Crippen LogP contribution in [0.5, 0.6) is 0 Å². The fourth-order valence-electron chi connectivity index (χ4n) is 3.04. The van der Waals surface area contributed by atoms with Crippen molar-refractivity contribution in [3.63, 3.8) is 0 Å². The molecule has 1 aliphatic rings. The third-order valence-electron chi connectivity index (χ3n) is 4.37. The zero-order chi connectivity index (χ0) is 21.2. The van der Waals surface area contributed by atoms with Gasteiger partial charge in [-0.3, -0.25) is 0 Å². The van der Waals surface area contributed by atoms with E-state index in [1.54, 1.807) is 50.3 Å². The van der Waals surface area contributed by atoms with Crippen molar-refractivity contribution in [2.45, 2.75) is 20.0 Å². The first-order valence-electron chi connectivity index (χ1n) is 8.87. The number of alkyl halides is 3. The third-order valence-corrected chi connectivity index (χ3v) is 4.37. The van der Waals surface area contributed by atoms with Crippen LogP contribution < -0.4 is 0 Å². The number of halogens is 3. The molecule has 0 atom stereocenters. The number of aliphatic imine (C=N–C) groups is 1. The smallest absolute Gasteiger partial charge is 0.417 e. The molecule has 3 rings (SSSR count). The average Bonchev–Trinajstić information content (AvgIpc) is 2.95. The number of rotatable bonds is 4. The average molecular weight is 401 g/mol. The Morgan fingerprint density at radius 3 is 2.41 bits per heavy atom. The second kappa shape index (κ2) is 7.95. The molecule has 1 heterocycles. The molecule has 7 heteroatoms. The molecule has 4 nitrogen and oxygen atoms in total. The number of aliphatic hydroxyl groups is 1. The Bertz CT molecular complexity index is 1030. The van der Waals surface area contributed by atoms with Crippen molar-refractivity contribution < 1.29 is 27.8 Å². The number of carbonyl (C=O) groups excluding carboxylic acids is 1. The maximum atomic E-state index is 13.2. The van der Waals surface area contributed by atoms with Gasteiger partial charge in [0.1, 0.15) is 11.3 Å². The molecular weight excluding hydrogens is 383 g/mol. The molecule has 0 aromatic heterocycles. The molecule has 0 radical (unpaired) electrons. The fraction of sp³-hybridized carbons (Fsp3) is 0.182. The summed E-state index contributed by atoms with van der Waals surface area (Å²) in [6.07, 6.45) is -2.90. The summed E-state index contributed by atoms with van der Waals surface area (Å²) in [4.78, 5) is 16.1. The Morgan fingerprint density at radius 2 is 1.79 bits per heavy atom. The lowest BCUT2D eigenvalue weighted by atomic mass is 9.98. The fourth-order valence-corrected chi connectivity index (χ4v) is 3.04. The number of esters is 1. The molecule has 29 heavy (non-hydrogen) atoms. The summed E-state index contributed by atoms with van der Waals surface area (Å²) in [5.74, 6) is -0.943. The summed E-state index contributed by atoms with van der Waals surface area (Å²) in [7, 11) is 0. The molecule has 2 aromatic carbocycles. The molecule has 1 N–H and O–H groups in total. The van der Waals surface area contributed by atoms with Crippen molar-refractivity contribution in [3.8, 4) is 11.1 Å². The first-order valence-corrected chi connectivity index (χ1v) is 8.87. The van der Waals surface area contributed by atoms with Crippen LogP contribution in [0.3, 0.4) is 0 Å². The van der Waals surface area contributed by atoms with E-state index in [4.69, 9.17) is 4.74 Å². The van der Waals surface area contributed by atoms with Gasteiger partial charge in [0, 0.05) is 0 Å². The van der Waals surface area contributed by atoms with Gasteiger partial charge < -0.3 is 9.84 Å². The molecule has 2 aromatic rings. The predicted molar refractivity (Wildman–Crippen MR) is 104 cm³/mol. The number of nitrogens with zero attached hydrogens (tertiary/aromatic N) is 1. The molecular formula is C22H18F3NO3. The van der Waals surface area contributed by atoms with Gasteiger partial charge in [0.05, 0.1) is 17.9 Å². The van der Waals surface area contributed by atoms with Gasteiger partial charge in [-0.2, -0.15) is 13.2 Å². The maximum absolute atomic E-state index is 13.2. The molecule has 0 fully saturated rings.